The summed E-state index contributed by atoms with van der Waals surface area (Å²) in [4.78, 5) is 7.23. The summed E-state index contributed by atoms with van der Waals surface area (Å²) in [6, 6.07) is 0. The van der Waals surface area contributed by atoms with Gasteiger partial charge in [0.2, 0.25) is 0 Å². The van der Waals surface area contributed by atoms with Crippen LogP contribution in [0.15, 0.2) is 0 Å². The summed E-state index contributed by atoms with van der Waals surface area (Å²) in [5.74, 6) is 0. The van der Waals surface area contributed by atoms with Crippen LogP contribution in [0.25, 0.3) is 0 Å². The SMILES string of the molecule is Cc1nc(N(C)C)sc1[C@@H](O)CCN. The molecular weight excluding hydrogens is 198 g/mol. The molecule has 0 aliphatic heterocycles. The van der Waals surface area contributed by atoms with E-state index < -0.39 is 6.10 Å². The third-order valence-electron chi connectivity index (χ3n) is 1.95. The summed E-state index contributed by atoms with van der Waals surface area (Å²) in [5, 5.41) is 10.7. The molecule has 0 radical (unpaired) electrons. The van der Waals surface area contributed by atoms with Gasteiger partial charge in [0.1, 0.15) is 0 Å². The first-order valence-corrected chi connectivity index (χ1v) is 5.40. The Balaban J connectivity index is 2.86. The minimum atomic E-state index is -0.466. The molecular formula is C9H17N3OS. The maximum atomic E-state index is 9.77. The van der Waals surface area contributed by atoms with Gasteiger partial charge in [-0.25, -0.2) is 4.98 Å². The molecule has 0 fully saturated rings. The third kappa shape index (κ3) is 2.43. The molecule has 0 spiro atoms. The Kier molecular flexibility index (Phi) is 3.86. The summed E-state index contributed by atoms with van der Waals surface area (Å²) >= 11 is 1.52. The summed E-state index contributed by atoms with van der Waals surface area (Å²) < 4.78 is 0. The standard InChI is InChI=1S/C9H17N3OS/c1-6-8(7(13)4-5-10)14-9(11-6)12(2)3/h7,13H,4-5,10H2,1-3H3/t7-/m0/s1. The van der Waals surface area contributed by atoms with Gasteiger partial charge >= 0.3 is 0 Å². The molecule has 0 aromatic carbocycles. The van der Waals surface area contributed by atoms with Crippen LogP contribution in [0.4, 0.5) is 5.13 Å². The molecule has 1 rings (SSSR count). The van der Waals surface area contributed by atoms with Gasteiger partial charge in [0.25, 0.3) is 0 Å². The fraction of sp³-hybridized carbons (Fsp3) is 0.667. The molecule has 0 unspecified atom stereocenters. The number of aromatic nitrogens is 1. The van der Waals surface area contributed by atoms with Gasteiger partial charge in [-0.05, 0) is 19.9 Å². The topological polar surface area (TPSA) is 62.4 Å². The number of nitrogens with zero attached hydrogens (tertiary/aromatic N) is 2. The highest BCUT2D eigenvalue weighted by molar-refractivity contribution is 7.15. The van der Waals surface area contributed by atoms with Gasteiger partial charge in [0.05, 0.1) is 16.7 Å². The van der Waals surface area contributed by atoms with Crippen molar-refractivity contribution in [3.05, 3.63) is 10.6 Å². The number of thiazole rings is 1. The van der Waals surface area contributed by atoms with Gasteiger partial charge in [-0.3, -0.25) is 0 Å². The lowest BCUT2D eigenvalue weighted by Crippen LogP contribution is -2.07. The molecule has 14 heavy (non-hydrogen) atoms. The zero-order valence-corrected chi connectivity index (χ0v) is 9.64. The van der Waals surface area contributed by atoms with Gasteiger partial charge in [0.15, 0.2) is 5.13 Å². The predicted octanol–water partition coefficient (Wildman–Crippen LogP) is 0.900. The maximum Gasteiger partial charge on any atom is 0.185 e. The Morgan fingerprint density at radius 1 is 1.57 bits per heavy atom. The normalized spacial score (nSPS) is 12.9. The highest BCUT2D eigenvalue weighted by Gasteiger charge is 2.15. The van der Waals surface area contributed by atoms with Gasteiger partial charge in [0, 0.05) is 14.1 Å². The number of aliphatic hydroxyl groups excluding tert-OH is 1. The molecule has 1 atom stereocenters. The molecule has 1 heterocycles. The minimum Gasteiger partial charge on any atom is -0.387 e. The summed E-state index contributed by atoms with van der Waals surface area (Å²) in [7, 11) is 3.88. The van der Waals surface area contributed by atoms with Crippen LogP contribution in [-0.2, 0) is 0 Å². The Bertz CT molecular complexity index is 298. The number of hydrogen-bond acceptors (Lipinski definition) is 5. The summed E-state index contributed by atoms with van der Waals surface area (Å²) in [6.07, 6.45) is 0.127. The Labute approximate surface area is 88.4 Å². The number of rotatable bonds is 4. The highest BCUT2D eigenvalue weighted by atomic mass is 32.1. The van der Waals surface area contributed by atoms with Gasteiger partial charge in [-0.1, -0.05) is 11.3 Å². The van der Waals surface area contributed by atoms with Gasteiger partial charge in [-0.2, -0.15) is 0 Å². The lowest BCUT2D eigenvalue weighted by molar-refractivity contribution is 0.173. The van der Waals surface area contributed by atoms with E-state index in [0.29, 0.717) is 13.0 Å². The minimum absolute atomic E-state index is 0.466. The molecule has 0 saturated heterocycles. The number of aliphatic hydroxyl groups is 1. The van der Waals surface area contributed by atoms with E-state index in [-0.39, 0.29) is 0 Å². The smallest absolute Gasteiger partial charge is 0.185 e. The van der Waals surface area contributed by atoms with Crippen molar-refractivity contribution < 1.29 is 5.11 Å². The number of hydrogen-bond donors (Lipinski definition) is 2. The monoisotopic (exact) mass is 215 g/mol. The van der Waals surface area contributed by atoms with E-state index in [0.717, 1.165) is 15.7 Å². The molecule has 0 bridgehead atoms. The van der Waals surface area contributed by atoms with Crippen molar-refractivity contribution in [2.45, 2.75) is 19.4 Å². The molecule has 5 heteroatoms. The summed E-state index contributed by atoms with van der Waals surface area (Å²) in [6.45, 7) is 2.41. The second-order valence-electron chi connectivity index (χ2n) is 3.43. The Hall–Kier alpha value is -0.650. The lowest BCUT2D eigenvalue weighted by Gasteiger charge is -2.07. The van der Waals surface area contributed by atoms with Crippen LogP contribution in [0.2, 0.25) is 0 Å². The second-order valence-corrected chi connectivity index (χ2v) is 4.44. The molecule has 1 aromatic rings. The molecule has 0 saturated carbocycles. The molecule has 0 amide bonds. The summed E-state index contributed by atoms with van der Waals surface area (Å²) in [5.41, 5.74) is 6.30. The average molecular weight is 215 g/mol. The lowest BCUT2D eigenvalue weighted by atomic mass is 10.2. The maximum absolute atomic E-state index is 9.77. The molecule has 1 aromatic heterocycles. The van der Waals surface area contributed by atoms with Gasteiger partial charge in [-0.15, -0.1) is 0 Å². The van der Waals surface area contributed by atoms with Crippen LogP contribution >= 0.6 is 11.3 Å². The van der Waals surface area contributed by atoms with Crippen LogP contribution in [0, 0.1) is 6.92 Å². The zero-order valence-electron chi connectivity index (χ0n) is 8.82. The van der Waals surface area contributed by atoms with Crippen LogP contribution in [-0.4, -0.2) is 30.7 Å². The van der Waals surface area contributed by atoms with Crippen LogP contribution < -0.4 is 10.6 Å². The number of nitrogens with two attached hydrogens (primary N) is 1. The van der Waals surface area contributed by atoms with Crippen LogP contribution in [0.1, 0.15) is 23.1 Å². The van der Waals surface area contributed by atoms with E-state index >= 15 is 0 Å². The molecule has 4 nitrogen and oxygen atoms in total. The first-order chi connectivity index (χ1) is 6.56. The van der Waals surface area contributed by atoms with Crippen molar-refractivity contribution in [3.8, 4) is 0 Å². The van der Waals surface area contributed by atoms with Crippen molar-refractivity contribution in [2.24, 2.45) is 5.73 Å². The Morgan fingerprint density at radius 3 is 2.64 bits per heavy atom. The predicted molar refractivity (Wildman–Crippen MR) is 59.8 cm³/mol. The molecule has 80 valence electrons. The third-order valence-corrected chi connectivity index (χ3v) is 3.37. The van der Waals surface area contributed by atoms with E-state index in [9.17, 15) is 5.11 Å². The van der Waals surface area contributed by atoms with Gasteiger partial charge < -0.3 is 15.7 Å². The van der Waals surface area contributed by atoms with Crippen molar-refractivity contribution in [1.82, 2.24) is 4.98 Å². The highest BCUT2D eigenvalue weighted by Crippen LogP contribution is 2.30. The quantitative estimate of drug-likeness (QED) is 0.783. The van der Waals surface area contributed by atoms with Crippen molar-refractivity contribution in [2.75, 3.05) is 25.5 Å². The molecule has 0 aliphatic carbocycles. The average Bonchev–Trinajstić information content (AvgIpc) is 2.48. The fourth-order valence-electron chi connectivity index (χ4n) is 1.18. The van der Waals surface area contributed by atoms with E-state index in [2.05, 4.69) is 4.98 Å². The van der Waals surface area contributed by atoms with E-state index in [4.69, 9.17) is 5.73 Å². The van der Waals surface area contributed by atoms with Crippen LogP contribution in [0.5, 0.6) is 0 Å². The first kappa shape index (κ1) is 11.4. The van der Waals surface area contributed by atoms with Crippen molar-refractivity contribution >= 4 is 16.5 Å². The molecule has 0 aliphatic rings. The first-order valence-electron chi connectivity index (χ1n) is 4.59. The van der Waals surface area contributed by atoms with E-state index in [1.54, 1.807) is 0 Å². The Morgan fingerprint density at radius 2 is 2.21 bits per heavy atom. The fourth-order valence-corrected chi connectivity index (χ4v) is 2.19. The van der Waals surface area contributed by atoms with Crippen molar-refractivity contribution in [3.63, 3.8) is 0 Å². The number of anilines is 1. The van der Waals surface area contributed by atoms with Crippen molar-refractivity contribution in [1.29, 1.82) is 0 Å². The van der Waals surface area contributed by atoms with Crippen LogP contribution in [0.3, 0.4) is 0 Å². The zero-order chi connectivity index (χ0) is 10.7. The van der Waals surface area contributed by atoms with E-state index in [1.165, 1.54) is 11.3 Å². The van der Waals surface area contributed by atoms with E-state index in [1.807, 2.05) is 25.9 Å². The molecule has 3 N–H and O–H groups in total. The largest absolute Gasteiger partial charge is 0.387 e. The second kappa shape index (κ2) is 4.72. The number of aryl methyl sites for hydroxylation is 1.